The molecule has 0 spiro atoms. The summed E-state index contributed by atoms with van der Waals surface area (Å²) in [4.78, 5) is 0. The predicted molar refractivity (Wildman–Crippen MR) is 151 cm³/mol. The first-order valence-corrected chi connectivity index (χ1v) is 17.4. The molecule has 2 saturated carbocycles. The summed E-state index contributed by atoms with van der Waals surface area (Å²) in [6.45, 7) is 5.48. The van der Waals surface area contributed by atoms with Gasteiger partial charge in [-0.15, -0.1) is 0 Å². The summed E-state index contributed by atoms with van der Waals surface area (Å²) in [5, 5.41) is 0. The number of hydrogen-bond acceptors (Lipinski definition) is 1. The van der Waals surface area contributed by atoms with Crippen LogP contribution in [0.4, 0.5) is 0 Å². The molecule has 2 rings (SSSR count). The van der Waals surface area contributed by atoms with Crippen molar-refractivity contribution in [1.82, 2.24) is 0 Å². The van der Waals surface area contributed by atoms with E-state index in [1.54, 1.807) is 12.8 Å². The third kappa shape index (κ3) is 14.8. The first-order valence-electron chi connectivity index (χ1n) is 15.5. The van der Waals surface area contributed by atoms with Crippen molar-refractivity contribution in [2.24, 2.45) is 17.8 Å². The molecular formula is C31H60OSi. The van der Waals surface area contributed by atoms with Gasteiger partial charge in [-0.25, -0.2) is 0 Å². The monoisotopic (exact) mass is 476 g/mol. The van der Waals surface area contributed by atoms with Crippen molar-refractivity contribution in [3.05, 3.63) is 12.2 Å². The molecule has 0 aliphatic heterocycles. The lowest BCUT2D eigenvalue weighted by Crippen LogP contribution is -2.18. The molecule has 2 heteroatoms. The van der Waals surface area contributed by atoms with Gasteiger partial charge in [0.1, 0.15) is 0 Å². The lowest BCUT2D eigenvalue weighted by atomic mass is 9.77. The van der Waals surface area contributed by atoms with E-state index in [-0.39, 0.29) is 9.52 Å². The summed E-state index contributed by atoms with van der Waals surface area (Å²) in [5.41, 5.74) is 1.10. The van der Waals surface area contributed by atoms with Gasteiger partial charge in [0.05, 0.1) is 9.52 Å². The van der Waals surface area contributed by atoms with Crippen LogP contribution in [0, 0.1) is 17.8 Å². The molecule has 2 fully saturated rings. The highest BCUT2D eigenvalue weighted by Crippen LogP contribution is 2.37. The summed E-state index contributed by atoms with van der Waals surface area (Å²) < 4.78 is 5.76. The van der Waals surface area contributed by atoms with Crippen molar-refractivity contribution >= 4 is 9.52 Å². The van der Waals surface area contributed by atoms with Crippen molar-refractivity contribution in [3.63, 3.8) is 0 Å². The molecule has 0 aromatic heterocycles. The molecule has 0 N–H and O–H groups in total. The van der Waals surface area contributed by atoms with Crippen molar-refractivity contribution in [1.29, 1.82) is 0 Å². The van der Waals surface area contributed by atoms with Crippen molar-refractivity contribution in [3.8, 4) is 0 Å². The largest absolute Gasteiger partial charge is 0.385 e. The molecule has 194 valence electrons. The zero-order valence-electron chi connectivity index (χ0n) is 22.8. The van der Waals surface area contributed by atoms with Gasteiger partial charge in [0.2, 0.25) is 0 Å². The van der Waals surface area contributed by atoms with Crippen LogP contribution in [0.2, 0.25) is 5.54 Å². The smallest absolute Gasteiger partial charge is 0.0547 e. The van der Waals surface area contributed by atoms with Crippen LogP contribution < -0.4 is 0 Å². The Morgan fingerprint density at radius 3 is 1.67 bits per heavy atom. The Bertz CT molecular complexity index is 446. The average molecular weight is 477 g/mol. The van der Waals surface area contributed by atoms with Crippen LogP contribution in [0.5, 0.6) is 0 Å². The second-order valence-corrected chi connectivity index (χ2v) is 13.9. The van der Waals surface area contributed by atoms with Crippen LogP contribution in [-0.4, -0.2) is 22.4 Å². The highest BCUT2D eigenvalue weighted by molar-refractivity contribution is 6.37. The Hall–Kier alpha value is -0.0831. The third-order valence-corrected chi connectivity index (χ3v) is 11.0. The SMILES string of the molecule is CCCCC=CCCCCC[C@H]1CC[C@H](CCCC[C@H]2CC[C@H]([SiH2]COCCC)CC2)CC1. The Kier molecular flexibility index (Phi) is 17.8. The second kappa shape index (κ2) is 20.1. The Morgan fingerprint density at radius 1 is 0.606 bits per heavy atom. The highest BCUT2D eigenvalue weighted by Gasteiger charge is 2.22. The van der Waals surface area contributed by atoms with Crippen LogP contribution in [0.3, 0.4) is 0 Å². The number of hydrogen-bond donors (Lipinski definition) is 0. The minimum absolute atomic E-state index is 0.0423. The van der Waals surface area contributed by atoms with Gasteiger partial charge in [0.25, 0.3) is 0 Å². The van der Waals surface area contributed by atoms with E-state index in [2.05, 4.69) is 26.0 Å². The molecule has 0 saturated heterocycles. The standard InChI is InChI=1S/C31H60OSi/c1-3-5-6-7-8-9-10-11-12-15-28-18-20-29(21-19-28)16-13-14-17-30-22-24-31(25-23-30)33-27-32-26-4-2/h7-8,28-31H,3-6,9-27,33H2,1-2H3/t28-,29-,30-,31-. The summed E-state index contributed by atoms with van der Waals surface area (Å²) in [6, 6.07) is 0. The number of allylic oxidation sites excluding steroid dienone is 2. The minimum Gasteiger partial charge on any atom is -0.385 e. The molecule has 0 unspecified atom stereocenters. The maximum Gasteiger partial charge on any atom is 0.0547 e. The number of rotatable bonds is 19. The maximum atomic E-state index is 5.76. The van der Waals surface area contributed by atoms with E-state index in [9.17, 15) is 0 Å². The molecular weight excluding hydrogens is 416 g/mol. The molecule has 1 nitrogen and oxygen atoms in total. The fraction of sp³-hybridized carbons (Fsp3) is 0.935. The van der Waals surface area contributed by atoms with Gasteiger partial charge in [-0.1, -0.05) is 135 Å². The normalized spacial score (nSPS) is 26.6. The molecule has 2 aliphatic carbocycles. The summed E-state index contributed by atoms with van der Waals surface area (Å²) in [7, 11) is 0.0423. The third-order valence-electron chi connectivity index (χ3n) is 8.80. The Labute approximate surface area is 211 Å². The van der Waals surface area contributed by atoms with Gasteiger partial charge in [0.15, 0.2) is 0 Å². The highest BCUT2D eigenvalue weighted by atomic mass is 28.2. The zero-order valence-corrected chi connectivity index (χ0v) is 24.3. The van der Waals surface area contributed by atoms with Crippen LogP contribution in [0.25, 0.3) is 0 Å². The van der Waals surface area contributed by atoms with E-state index in [0.29, 0.717) is 0 Å². The van der Waals surface area contributed by atoms with Crippen molar-refractivity contribution in [2.75, 3.05) is 12.8 Å². The topological polar surface area (TPSA) is 9.23 Å². The molecule has 0 aromatic rings. The molecule has 0 amide bonds. The van der Waals surface area contributed by atoms with Crippen LogP contribution in [-0.2, 0) is 4.74 Å². The number of unbranched alkanes of at least 4 members (excludes halogenated alkanes) is 6. The van der Waals surface area contributed by atoms with Crippen LogP contribution in [0.1, 0.15) is 149 Å². The van der Waals surface area contributed by atoms with Gasteiger partial charge in [0, 0.05) is 12.8 Å². The lowest BCUT2D eigenvalue weighted by molar-refractivity contribution is 0.175. The van der Waals surface area contributed by atoms with E-state index in [1.807, 2.05) is 0 Å². The lowest BCUT2D eigenvalue weighted by Gasteiger charge is -2.30. The second-order valence-electron chi connectivity index (χ2n) is 11.7. The zero-order chi connectivity index (χ0) is 23.4. The summed E-state index contributed by atoms with van der Waals surface area (Å²) >= 11 is 0. The summed E-state index contributed by atoms with van der Waals surface area (Å²) in [6.07, 6.45) is 36.7. The first-order chi connectivity index (χ1) is 16.3. The number of ether oxygens (including phenoxy) is 1. The Balaban J connectivity index is 1.37. The predicted octanol–water partition coefficient (Wildman–Crippen LogP) is 9.58. The summed E-state index contributed by atoms with van der Waals surface area (Å²) in [5.74, 6) is 3.20. The average Bonchev–Trinajstić information content (AvgIpc) is 2.85. The van der Waals surface area contributed by atoms with Crippen molar-refractivity contribution < 1.29 is 4.74 Å². The quantitative estimate of drug-likeness (QED) is 0.102. The van der Waals surface area contributed by atoms with E-state index < -0.39 is 0 Å². The fourth-order valence-electron chi connectivity index (χ4n) is 6.41. The Morgan fingerprint density at radius 2 is 1.12 bits per heavy atom. The van der Waals surface area contributed by atoms with Crippen LogP contribution >= 0.6 is 0 Å². The molecule has 2 aliphatic rings. The van der Waals surface area contributed by atoms with Crippen LogP contribution in [0.15, 0.2) is 12.2 Å². The van der Waals surface area contributed by atoms with Gasteiger partial charge in [-0.3, -0.25) is 0 Å². The van der Waals surface area contributed by atoms with E-state index in [0.717, 1.165) is 36.1 Å². The molecule has 0 bridgehead atoms. The van der Waals surface area contributed by atoms with E-state index in [1.165, 1.54) is 122 Å². The van der Waals surface area contributed by atoms with E-state index in [4.69, 9.17) is 4.74 Å². The van der Waals surface area contributed by atoms with Gasteiger partial charge >= 0.3 is 0 Å². The molecule has 0 aromatic carbocycles. The molecule has 0 atom stereocenters. The maximum absolute atomic E-state index is 5.76. The van der Waals surface area contributed by atoms with Gasteiger partial charge in [-0.05, 0) is 49.0 Å². The van der Waals surface area contributed by atoms with Crippen molar-refractivity contribution in [2.45, 2.75) is 154 Å². The molecule has 0 radical (unpaired) electrons. The van der Waals surface area contributed by atoms with Gasteiger partial charge in [-0.2, -0.15) is 0 Å². The fourth-order valence-corrected chi connectivity index (χ4v) is 8.16. The molecule has 33 heavy (non-hydrogen) atoms. The minimum atomic E-state index is 0.0423. The van der Waals surface area contributed by atoms with Gasteiger partial charge < -0.3 is 4.74 Å². The van der Waals surface area contributed by atoms with E-state index >= 15 is 0 Å². The molecule has 0 heterocycles. The first kappa shape index (κ1) is 29.1.